The molecule has 1 unspecified atom stereocenters. The third-order valence-electron chi connectivity index (χ3n) is 1.61. The first-order valence-electron chi connectivity index (χ1n) is 3.55. The van der Waals surface area contributed by atoms with Crippen LogP contribution in [-0.4, -0.2) is 20.5 Å². The summed E-state index contributed by atoms with van der Waals surface area (Å²) in [6, 6.07) is 1.74. The largest absolute Gasteiger partial charge is 0.381 e. The van der Waals surface area contributed by atoms with E-state index >= 15 is 0 Å². The van der Waals surface area contributed by atoms with Crippen molar-refractivity contribution in [3.8, 4) is 0 Å². The van der Waals surface area contributed by atoms with E-state index in [1.54, 1.807) is 6.07 Å². The molecule has 2 aromatic rings. The SMILES string of the molecule is OC(c1cn[nH]n1)c1sccc1Cl. The van der Waals surface area contributed by atoms with E-state index < -0.39 is 6.10 Å². The molecule has 1 atom stereocenters. The molecule has 2 heterocycles. The van der Waals surface area contributed by atoms with Gasteiger partial charge in [-0.05, 0) is 11.4 Å². The van der Waals surface area contributed by atoms with Crippen LogP contribution in [0.2, 0.25) is 5.02 Å². The topological polar surface area (TPSA) is 61.8 Å². The lowest BCUT2D eigenvalue weighted by Gasteiger charge is -2.03. The minimum atomic E-state index is -0.786. The second kappa shape index (κ2) is 3.45. The predicted octanol–water partition coefficient (Wildman–Crippen LogP) is 1.60. The summed E-state index contributed by atoms with van der Waals surface area (Å²) in [5.41, 5.74) is 0.476. The molecule has 0 radical (unpaired) electrons. The summed E-state index contributed by atoms with van der Waals surface area (Å²) in [6.45, 7) is 0. The number of hydrogen-bond donors (Lipinski definition) is 2. The Labute approximate surface area is 83.2 Å². The van der Waals surface area contributed by atoms with Crippen molar-refractivity contribution in [3.63, 3.8) is 0 Å². The van der Waals surface area contributed by atoms with Crippen LogP contribution in [0.3, 0.4) is 0 Å². The summed E-state index contributed by atoms with van der Waals surface area (Å²) in [6.07, 6.45) is 0.687. The molecule has 0 aliphatic heterocycles. The summed E-state index contributed by atoms with van der Waals surface area (Å²) in [5, 5.41) is 21.9. The second-order valence-corrected chi connectivity index (χ2v) is 3.79. The van der Waals surface area contributed by atoms with E-state index in [0.717, 1.165) is 0 Å². The van der Waals surface area contributed by atoms with Crippen molar-refractivity contribution in [1.29, 1.82) is 0 Å². The summed E-state index contributed by atoms with van der Waals surface area (Å²) >= 11 is 7.24. The standard InChI is InChI=1S/C7H6ClN3OS/c8-4-1-2-13-7(4)6(12)5-3-9-11-10-5/h1-3,6,12H,(H,9,10,11). The van der Waals surface area contributed by atoms with Crippen molar-refractivity contribution in [2.24, 2.45) is 0 Å². The lowest BCUT2D eigenvalue weighted by atomic mass is 10.2. The number of aliphatic hydroxyl groups excluding tert-OH is 1. The van der Waals surface area contributed by atoms with Crippen molar-refractivity contribution in [3.05, 3.63) is 33.2 Å². The highest BCUT2D eigenvalue weighted by Gasteiger charge is 2.17. The van der Waals surface area contributed by atoms with Crippen LogP contribution in [0.4, 0.5) is 0 Å². The van der Waals surface area contributed by atoms with Gasteiger partial charge in [-0.15, -0.1) is 11.3 Å². The Morgan fingerprint density at radius 1 is 1.62 bits per heavy atom. The van der Waals surface area contributed by atoms with Gasteiger partial charge in [-0.3, -0.25) is 0 Å². The molecule has 68 valence electrons. The molecule has 0 saturated carbocycles. The average Bonchev–Trinajstić information content (AvgIpc) is 2.72. The molecule has 4 nitrogen and oxygen atoms in total. The number of hydrogen-bond acceptors (Lipinski definition) is 4. The van der Waals surface area contributed by atoms with Gasteiger partial charge in [0, 0.05) is 0 Å². The Hall–Kier alpha value is -0.910. The number of nitrogens with one attached hydrogen (secondary N) is 1. The van der Waals surface area contributed by atoms with Crippen molar-refractivity contribution >= 4 is 22.9 Å². The normalized spacial score (nSPS) is 13.1. The van der Waals surface area contributed by atoms with Crippen LogP contribution in [-0.2, 0) is 0 Å². The molecule has 0 aromatic carbocycles. The lowest BCUT2D eigenvalue weighted by Crippen LogP contribution is -1.97. The third kappa shape index (κ3) is 1.58. The number of aliphatic hydroxyl groups is 1. The fourth-order valence-electron chi connectivity index (χ4n) is 0.977. The van der Waals surface area contributed by atoms with Gasteiger partial charge in [0.1, 0.15) is 11.8 Å². The molecule has 0 aliphatic rings. The number of aromatic amines is 1. The summed E-state index contributed by atoms with van der Waals surface area (Å²) in [5.74, 6) is 0. The van der Waals surface area contributed by atoms with Crippen LogP contribution >= 0.6 is 22.9 Å². The van der Waals surface area contributed by atoms with E-state index in [9.17, 15) is 5.11 Å². The zero-order chi connectivity index (χ0) is 9.26. The average molecular weight is 216 g/mol. The monoisotopic (exact) mass is 215 g/mol. The third-order valence-corrected chi connectivity index (χ3v) is 3.02. The fourth-order valence-corrected chi connectivity index (χ4v) is 2.13. The molecule has 2 aromatic heterocycles. The Balaban J connectivity index is 2.33. The zero-order valence-electron chi connectivity index (χ0n) is 6.44. The van der Waals surface area contributed by atoms with Crippen LogP contribution in [0.25, 0.3) is 0 Å². The Kier molecular flexibility index (Phi) is 2.30. The van der Waals surface area contributed by atoms with Gasteiger partial charge in [0.25, 0.3) is 0 Å². The molecule has 0 spiro atoms. The van der Waals surface area contributed by atoms with Crippen LogP contribution in [0.1, 0.15) is 16.7 Å². The minimum Gasteiger partial charge on any atom is -0.381 e. The van der Waals surface area contributed by atoms with E-state index in [1.807, 2.05) is 5.38 Å². The van der Waals surface area contributed by atoms with Gasteiger partial charge in [-0.1, -0.05) is 11.6 Å². The van der Waals surface area contributed by atoms with Gasteiger partial charge in [-0.25, -0.2) is 0 Å². The number of aromatic nitrogens is 3. The minimum absolute atomic E-state index is 0.476. The van der Waals surface area contributed by atoms with Gasteiger partial charge in [0.2, 0.25) is 0 Å². The van der Waals surface area contributed by atoms with Crippen molar-refractivity contribution in [2.75, 3.05) is 0 Å². The molecule has 13 heavy (non-hydrogen) atoms. The van der Waals surface area contributed by atoms with Crippen molar-refractivity contribution in [2.45, 2.75) is 6.10 Å². The molecule has 0 bridgehead atoms. The Morgan fingerprint density at radius 2 is 2.46 bits per heavy atom. The maximum absolute atomic E-state index is 9.75. The van der Waals surface area contributed by atoms with Crippen LogP contribution < -0.4 is 0 Å². The maximum atomic E-state index is 9.75. The molecule has 0 fully saturated rings. The quantitative estimate of drug-likeness (QED) is 0.800. The molecule has 2 rings (SSSR count). The maximum Gasteiger partial charge on any atom is 0.135 e. The highest BCUT2D eigenvalue weighted by molar-refractivity contribution is 7.10. The highest BCUT2D eigenvalue weighted by atomic mass is 35.5. The molecule has 2 N–H and O–H groups in total. The van der Waals surface area contributed by atoms with Crippen molar-refractivity contribution < 1.29 is 5.11 Å². The van der Waals surface area contributed by atoms with Gasteiger partial charge < -0.3 is 5.11 Å². The zero-order valence-corrected chi connectivity index (χ0v) is 8.01. The fraction of sp³-hybridized carbons (Fsp3) is 0.143. The lowest BCUT2D eigenvalue weighted by molar-refractivity contribution is 0.219. The molecule has 0 amide bonds. The van der Waals surface area contributed by atoms with Crippen LogP contribution in [0.15, 0.2) is 17.6 Å². The van der Waals surface area contributed by atoms with E-state index in [4.69, 9.17) is 11.6 Å². The second-order valence-electron chi connectivity index (χ2n) is 2.43. The summed E-state index contributed by atoms with van der Waals surface area (Å²) < 4.78 is 0. The molecular formula is C7H6ClN3OS. The predicted molar refractivity (Wildman–Crippen MR) is 49.8 cm³/mol. The molecular weight excluding hydrogens is 210 g/mol. The number of rotatable bonds is 2. The van der Waals surface area contributed by atoms with Crippen molar-refractivity contribution in [1.82, 2.24) is 15.4 Å². The van der Waals surface area contributed by atoms with E-state index in [1.165, 1.54) is 17.5 Å². The molecule has 0 saturated heterocycles. The van der Waals surface area contributed by atoms with Gasteiger partial charge >= 0.3 is 0 Å². The van der Waals surface area contributed by atoms with Crippen LogP contribution in [0.5, 0.6) is 0 Å². The van der Waals surface area contributed by atoms with Crippen LogP contribution in [0, 0.1) is 0 Å². The number of halogens is 1. The first-order chi connectivity index (χ1) is 6.29. The highest BCUT2D eigenvalue weighted by Crippen LogP contribution is 2.31. The van der Waals surface area contributed by atoms with E-state index in [0.29, 0.717) is 15.6 Å². The summed E-state index contributed by atoms with van der Waals surface area (Å²) in [7, 11) is 0. The number of H-pyrrole nitrogens is 1. The van der Waals surface area contributed by atoms with Gasteiger partial charge in [0.05, 0.1) is 16.1 Å². The summed E-state index contributed by atoms with van der Waals surface area (Å²) in [4.78, 5) is 0.690. The number of thiophene rings is 1. The smallest absolute Gasteiger partial charge is 0.135 e. The molecule has 6 heteroatoms. The van der Waals surface area contributed by atoms with E-state index in [-0.39, 0.29) is 0 Å². The first kappa shape index (κ1) is 8.68. The molecule has 0 aliphatic carbocycles. The first-order valence-corrected chi connectivity index (χ1v) is 4.81. The Morgan fingerprint density at radius 3 is 3.00 bits per heavy atom. The van der Waals surface area contributed by atoms with E-state index in [2.05, 4.69) is 15.4 Å². The van der Waals surface area contributed by atoms with Gasteiger partial charge in [-0.2, -0.15) is 15.4 Å². The number of nitrogens with zero attached hydrogens (tertiary/aromatic N) is 2. The van der Waals surface area contributed by atoms with Gasteiger partial charge in [0.15, 0.2) is 0 Å². The Bertz CT molecular complexity index is 386.